The first kappa shape index (κ1) is 28.7. The smallest absolute Gasteiger partial charge is 0.340 e. The zero-order valence-electron chi connectivity index (χ0n) is 19.9. The second-order valence-corrected chi connectivity index (χ2v) is 11.2. The van der Waals surface area contributed by atoms with Gasteiger partial charge in [0.2, 0.25) is 0 Å². The number of aryl methyl sites for hydroxylation is 2. The molecule has 2 aromatic carbocycles. The number of nitrogens with one attached hydrogen (secondary N) is 2. The second kappa shape index (κ2) is 12.0. The maximum absolute atomic E-state index is 13.1. The molecule has 12 nitrogen and oxygen atoms in total. The number of nitrogens with zero attached hydrogens (tertiary/aromatic N) is 1. The summed E-state index contributed by atoms with van der Waals surface area (Å²) in [7, 11) is -7.98. The minimum absolute atomic E-state index is 0.0634. The molecular formula is C22H28N4O8S2. The standard InChI is InChI=1S/C22H28N4O8S2/c1-15-6-10-17(11-7-15)35(30,31)24-21(28)26(19(5-4-14-23)20(27)34-3)22(29)25-36(32,33)18-12-8-16(2)9-13-18/h6-13,19H,4-5,14,23H2,1-3H3,(H,24,28)(H,25,29)/t19-/m0/s1. The number of esters is 1. The Hall–Kier alpha value is -3.49. The fourth-order valence-electron chi connectivity index (χ4n) is 3.06. The van der Waals surface area contributed by atoms with E-state index in [4.69, 9.17) is 5.73 Å². The lowest BCUT2D eigenvalue weighted by molar-refractivity contribution is -0.145. The molecule has 196 valence electrons. The molecule has 2 rings (SSSR count). The van der Waals surface area contributed by atoms with Crippen molar-refractivity contribution in [3.8, 4) is 0 Å². The third kappa shape index (κ3) is 7.26. The van der Waals surface area contributed by atoms with Crippen molar-refractivity contribution in [2.45, 2.75) is 42.5 Å². The number of hydrogen-bond acceptors (Lipinski definition) is 9. The van der Waals surface area contributed by atoms with Crippen LogP contribution in [0, 0.1) is 13.8 Å². The predicted molar refractivity (Wildman–Crippen MR) is 130 cm³/mol. The highest BCUT2D eigenvalue weighted by molar-refractivity contribution is 7.90. The maximum Gasteiger partial charge on any atom is 0.340 e. The number of hydrogen-bond donors (Lipinski definition) is 3. The molecular weight excluding hydrogens is 512 g/mol. The molecule has 0 aliphatic rings. The van der Waals surface area contributed by atoms with Gasteiger partial charge in [0.25, 0.3) is 20.0 Å². The van der Waals surface area contributed by atoms with Crippen LogP contribution in [0.4, 0.5) is 9.59 Å². The van der Waals surface area contributed by atoms with Crippen molar-refractivity contribution < 1.29 is 36.0 Å². The van der Waals surface area contributed by atoms with E-state index >= 15 is 0 Å². The maximum atomic E-state index is 13.1. The van der Waals surface area contributed by atoms with E-state index in [-0.39, 0.29) is 34.1 Å². The van der Waals surface area contributed by atoms with Crippen LogP contribution in [0.25, 0.3) is 0 Å². The molecule has 0 radical (unpaired) electrons. The summed E-state index contributed by atoms with van der Waals surface area (Å²) < 4.78 is 59.1. The third-order valence-electron chi connectivity index (χ3n) is 5.01. The van der Waals surface area contributed by atoms with Crippen LogP contribution >= 0.6 is 0 Å². The summed E-state index contributed by atoms with van der Waals surface area (Å²) in [6, 6.07) is 6.16. The molecule has 0 saturated heterocycles. The van der Waals surface area contributed by atoms with Crippen LogP contribution in [0.5, 0.6) is 0 Å². The van der Waals surface area contributed by atoms with Crippen molar-refractivity contribution in [1.82, 2.24) is 14.3 Å². The molecule has 0 spiro atoms. The van der Waals surface area contributed by atoms with Crippen molar-refractivity contribution in [3.63, 3.8) is 0 Å². The summed E-state index contributed by atoms with van der Waals surface area (Å²) >= 11 is 0. The third-order valence-corrected chi connectivity index (χ3v) is 7.68. The number of carbonyl (C=O) groups excluding carboxylic acids is 3. The quantitative estimate of drug-likeness (QED) is 0.396. The number of carbonyl (C=O) groups is 3. The molecule has 2 aromatic rings. The lowest BCUT2D eigenvalue weighted by atomic mass is 10.1. The van der Waals surface area contributed by atoms with Crippen LogP contribution < -0.4 is 15.2 Å². The Morgan fingerprint density at radius 3 is 1.56 bits per heavy atom. The molecule has 0 aliphatic heterocycles. The number of urea groups is 2. The van der Waals surface area contributed by atoms with E-state index in [1.807, 2.05) is 0 Å². The molecule has 0 saturated carbocycles. The average Bonchev–Trinajstić information content (AvgIpc) is 2.80. The minimum Gasteiger partial charge on any atom is -0.467 e. The number of amides is 4. The van der Waals surface area contributed by atoms with Crippen molar-refractivity contribution >= 4 is 38.1 Å². The average molecular weight is 541 g/mol. The Labute approximate surface area is 209 Å². The Morgan fingerprint density at radius 1 is 0.833 bits per heavy atom. The Balaban J connectivity index is 2.46. The molecule has 0 fully saturated rings. The number of imide groups is 1. The summed E-state index contributed by atoms with van der Waals surface area (Å²) in [5, 5.41) is 0. The minimum atomic E-state index is -4.49. The first-order valence-corrected chi connectivity index (χ1v) is 13.6. The predicted octanol–water partition coefficient (Wildman–Crippen LogP) is 1.38. The fraction of sp³-hybridized carbons (Fsp3) is 0.318. The number of nitrogens with two attached hydrogens (primary N) is 1. The summed E-state index contributed by atoms with van der Waals surface area (Å²) in [4.78, 5) is 38.2. The monoisotopic (exact) mass is 540 g/mol. The zero-order valence-corrected chi connectivity index (χ0v) is 21.6. The first-order chi connectivity index (χ1) is 16.8. The van der Waals surface area contributed by atoms with Crippen LogP contribution in [0.1, 0.15) is 24.0 Å². The van der Waals surface area contributed by atoms with Gasteiger partial charge in [0.1, 0.15) is 6.04 Å². The number of sulfonamides is 2. The zero-order chi connectivity index (χ0) is 27.1. The molecule has 0 bridgehead atoms. The van der Waals surface area contributed by atoms with Crippen LogP contribution in [0.2, 0.25) is 0 Å². The van der Waals surface area contributed by atoms with Gasteiger partial charge in [-0.15, -0.1) is 0 Å². The van der Waals surface area contributed by atoms with Crippen LogP contribution in [0.3, 0.4) is 0 Å². The first-order valence-electron chi connectivity index (χ1n) is 10.7. The van der Waals surface area contributed by atoms with Crippen LogP contribution in [0.15, 0.2) is 58.3 Å². The molecule has 4 amide bonds. The highest BCUT2D eigenvalue weighted by Gasteiger charge is 2.39. The summed E-state index contributed by atoms with van der Waals surface area (Å²) in [5.41, 5.74) is 7.01. The fourth-order valence-corrected chi connectivity index (χ4v) is 4.94. The molecule has 0 aliphatic carbocycles. The number of rotatable bonds is 9. The highest BCUT2D eigenvalue weighted by atomic mass is 32.2. The van der Waals surface area contributed by atoms with Crippen molar-refractivity contribution in [2.75, 3.05) is 13.7 Å². The molecule has 0 unspecified atom stereocenters. The number of ether oxygens (including phenoxy) is 1. The topological polar surface area (TPSA) is 182 Å². The normalized spacial score (nSPS) is 12.3. The van der Waals surface area contributed by atoms with E-state index in [2.05, 4.69) is 4.74 Å². The van der Waals surface area contributed by atoms with Gasteiger partial charge in [-0.25, -0.2) is 45.6 Å². The molecule has 14 heteroatoms. The van der Waals surface area contributed by atoms with E-state index < -0.39 is 44.1 Å². The molecule has 36 heavy (non-hydrogen) atoms. The summed E-state index contributed by atoms with van der Waals surface area (Å²) in [6.07, 6.45) is -0.0780. The highest BCUT2D eigenvalue weighted by Crippen LogP contribution is 2.16. The van der Waals surface area contributed by atoms with Gasteiger partial charge in [-0.1, -0.05) is 35.4 Å². The van der Waals surface area contributed by atoms with E-state index in [0.717, 1.165) is 18.2 Å². The summed E-state index contributed by atoms with van der Waals surface area (Å²) in [5.74, 6) is -1.07. The van der Waals surface area contributed by atoms with Gasteiger partial charge in [-0.3, -0.25) is 0 Å². The van der Waals surface area contributed by atoms with Crippen LogP contribution in [-0.4, -0.2) is 59.5 Å². The van der Waals surface area contributed by atoms with Gasteiger partial charge in [-0.2, -0.15) is 0 Å². The van der Waals surface area contributed by atoms with Gasteiger partial charge in [0.05, 0.1) is 16.9 Å². The number of methoxy groups -OCH3 is 1. The van der Waals surface area contributed by atoms with Gasteiger partial charge in [0.15, 0.2) is 0 Å². The largest absolute Gasteiger partial charge is 0.467 e. The van der Waals surface area contributed by atoms with Crippen LogP contribution in [-0.2, 0) is 29.6 Å². The lowest BCUT2D eigenvalue weighted by Crippen LogP contribution is -2.57. The van der Waals surface area contributed by atoms with Gasteiger partial charge >= 0.3 is 18.0 Å². The van der Waals surface area contributed by atoms with E-state index in [1.165, 1.54) is 48.5 Å². The Morgan fingerprint density at radius 2 is 1.22 bits per heavy atom. The Kier molecular flexibility index (Phi) is 9.55. The van der Waals surface area contributed by atoms with Crippen molar-refractivity contribution in [2.24, 2.45) is 5.73 Å². The van der Waals surface area contributed by atoms with Gasteiger partial charge < -0.3 is 10.5 Å². The van der Waals surface area contributed by atoms with E-state index in [1.54, 1.807) is 23.3 Å². The van der Waals surface area contributed by atoms with Crippen molar-refractivity contribution in [1.29, 1.82) is 0 Å². The van der Waals surface area contributed by atoms with Gasteiger partial charge in [-0.05, 0) is 57.5 Å². The van der Waals surface area contributed by atoms with Crippen molar-refractivity contribution in [3.05, 3.63) is 59.7 Å². The Bertz CT molecular complexity index is 1220. The second-order valence-electron chi connectivity index (χ2n) is 7.79. The van der Waals surface area contributed by atoms with Gasteiger partial charge in [0, 0.05) is 0 Å². The SMILES string of the molecule is COC(=O)[C@H](CCCN)N(C(=O)NS(=O)(=O)c1ccc(C)cc1)C(=O)NS(=O)(=O)c1ccc(C)cc1. The summed E-state index contributed by atoms with van der Waals surface area (Å²) in [6.45, 7) is 3.52. The molecule has 0 aromatic heterocycles. The molecule has 0 heterocycles. The molecule has 4 N–H and O–H groups in total. The number of benzene rings is 2. The van der Waals surface area contributed by atoms with E-state index in [9.17, 15) is 31.2 Å². The molecule has 1 atom stereocenters. The van der Waals surface area contributed by atoms with E-state index in [0.29, 0.717) is 0 Å². The lowest BCUT2D eigenvalue weighted by Gasteiger charge is -2.28.